The van der Waals surface area contributed by atoms with Crippen LogP contribution in [0.1, 0.15) is 29.5 Å². The lowest BCUT2D eigenvalue weighted by Gasteiger charge is -2.17. The number of halogens is 2. The van der Waals surface area contributed by atoms with Crippen LogP contribution in [0.25, 0.3) is 0 Å². The minimum absolute atomic E-state index is 0.0659. The van der Waals surface area contributed by atoms with Crippen molar-refractivity contribution in [3.63, 3.8) is 0 Å². The molecule has 2 aromatic rings. The minimum atomic E-state index is -1.12. The van der Waals surface area contributed by atoms with Gasteiger partial charge in [0.1, 0.15) is 11.6 Å². The Morgan fingerprint density at radius 1 is 1.43 bits per heavy atom. The predicted molar refractivity (Wildman–Crippen MR) is 79.5 cm³/mol. The van der Waals surface area contributed by atoms with Gasteiger partial charge >= 0.3 is 5.97 Å². The van der Waals surface area contributed by atoms with Gasteiger partial charge < -0.3 is 14.9 Å². The SMILES string of the molecule is Cc1cc(CC(=O)NC(CC(=O)O)c2ccc(Cl)c(F)c2)no1. The van der Waals surface area contributed by atoms with E-state index >= 15 is 0 Å². The van der Waals surface area contributed by atoms with Crippen molar-refractivity contribution in [3.8, 4) is 0 Å². The lowest BCUT2D eigenvalue weighted by atomic mass is 10.0. The molecule has 2 rings (SSSR count). The van der Waals surface area contributed by atoms with Crippen LogP contribution in [0.4, 0.5) is 4.39 Å². The quantitative estimate of drug-likeness (QED) is 0.843. The molecule has 122 valence electrons. The van der Waals surface area contributed by atoms with Crippen LogP contribution in [-0.4, -0.2) is 22.1 Å². The number of carbonyl (C=O) groups is 2. The number of carboxylic acids is 1. The smallest absolute Gasteiger partial charge is 0.305 e. The summed E-state index contributed by atoms with van der Waals surface area (Å²) in [6.07, 6.45) is -0.450. The molecule has 1 aromatic heterocycles. The highest BCUT2D eigenvalue weighted by molar-refractivity contribution is 6.30. The van der Waals surface area contributed by atoms with Crippen LogP contribution in [0.15, 0.2) is 28.8 Å². The first-order valence-electron chi connectivity index (χ1n) is 6.73. The normalized spacial score (nSPS) is 12.0. The van der Waals surface area contributed by atoms with Crippen molar-refractivity contribution in [2.75, 3.05) is 0 Å². The molecule has 0 saturated carbocycles. The van der Waals surface area contributed by atoms with Crippen LogP contribution in [0.3, 0.4) is 0 Å². The van der Waals surface area contributed by atoms with Gasteiger partial charge in [0.25, 0.3) is 0 Å². The van der Waals surface area contributed by atoms with Crippen molar-refractivity contribution >= 4 is 23.5 Å². The number of aryl methyl sites for hydroxylation is 1. The van der Waals surface area contributed by atoms with Crippen molar-refractivity contribution < 1.29 is 23.6 Å². The van der Waals surface area contributed by atoms with E-state index in [1.165, 1.54) is 12.1 Å². The number of carbonyl (C=O) groups excluding carboxylic acids is 1. The van der Waals surface area contributed by atoms with Gasteiger partial charge in [-0.1, -0.05) is 22.8 Å². The first kappa shape index (κ1) is 17.0. The molecule has 8 heteroatoms. The van der Waals surface area contributed by atoms with Crippen LogP contribution in [0.2, 0.25) is 5.02 Å². The summed E-state index contributed by atoms with van der Waals surface area (Å²) < 4.78 is 18.4. The predicted octanol–water partition coefficient (Wildman–Crippen LogP) is 2.65. The van der Waals surface area contributed by atoms with Gasteiger partial charge in [0, 0.05) is 6.07 Å². The van der Waals surface area contributed by atoms with Crippen LogP contribution < -0.4 is 5.32 Å². The number of hydrogen-bond acceptors (Lipinski definition) is 4. The molecule has 2 N–H and O–H groups in total. The highest BCUT2D eigenvalue weighted by Gasteiger charge is 2.20. The Bertz CT molecular complexity index is 732. The van der Waals surface area contributed by atoms with Gasteiger partial charge in [-0.2, -0.15) is 0 Å². The van der Waals surface area contributed by atoms with E-state index in [9.17, 15) is 14.0 Å². The molecule has 1 unspecified atom stereocenters. The molecule has 1 aromatic carbocycles. The molecule has 0 fully saturated rings. The standard InChI is InChI=1S/C15H14ClFN2O4/c1-8-4-10(19-23-8)6-14(20)18-13(7-15(21)22)9-2-3-11(16)12(17)5-9/h2-5,13H,6-7H2,1H3,(H,18,20)(H,21,22). The van der Waals surface area contributed by atoms with E-state index in [0.29, 0.717) is 17.0 Å². The third kappa shape index (κ3) is 4.79. The van der Waals surface area contributed by atoms with Crippen molar-refractivity contribution in [1.82, 2.24) is 10.5 Å². The van der Waals surface area contributed by atoms with Crippen molar-refractivity contribution in [2.45, 2.75) is 25.8 Å². The Labute approximate surface area is 136 Å². The van der Waals surface area contributed by atoms with Gasteiger partial charge in [-0.3, -0.25) is 9.59 Å². The first-order chi connectivity index (χ1) is 10.8. The highest BCUT2D eigenvalue weighted by Crippen LogP contribution is 2.22. The molecular formula is C15H14ClFN2O4. The van der Waals surface area contributed by atoms with Gasteiger partial charge in [-0.15, -0.1) is 0 Å². The van der Waals surface area contributed by atoms with E-state index in [1.54, 1.807) is 13.0 Å². The largest absolute Gasteiger partial charge is 0.481 e. The molecule has 23 heavy (non-hydrogen) atoms. The Kier molecular flexibility index (Phi) is 5.33. The molecule has 1 atom stereocenters. The van der Waals surface area contributed by atoms with Gasteiger partial charge in [-0.25, -0.2) is 4.39 Å². The highest BCUT2D eigenvalue weighted by atomic mass is 35.5. The molecule has 0 radical (unpaired) electrons. The number of rotatable bonds is 6. The maximum atomic E-state index is 13.5. The zero-order valence-corrected chi connectivity index (χ0v) is 12.9. The average molecular weight is 341 g/mol. The average Bonchev–Trinajstić information content (AvgIpc) is 2.85. The Hall–Kier alpha value is -2.41. The summed E-state index contributed by atoms with van der Waals surface area (Å²) in [5.41, 5.74) is 0.746. The molecule has 1 amide bonds. The van der Waals surface area contributed by atoms with E-state index in [0.717, 1.165) is 6.07 Å². The third-order valence-corrected chi connectivity index (χ3v) is 3.38. The minimum Gasteiger partial charge on any atom is -0.481 e. The lowest BCUT2D eigenvalue weighted by molar-refractivity contribution is -0.137. The fourth-order valence-electron chi connectivity index (χ4n) is 2.07. The number of nitrogens with zero attached hydrogens (tertiary/aromatic N) is 1. The first-order valence-corrected chi connectivity index (χ1v) is 7.11. The second-order valence-corrected chi connectivity index (χ2v) is 5.40. The summed E-state index contributed by atoms with van der Waals surface area (Å²) >= 11 is 5.61. The zero-order chi connectivity index (χ0) is 17.0. The molecule has 6 nitrogen and oxygen atoms in total. The Morgan fingerprint density at radius 2 is 2.17 bits per heavy atom. The molecular weight excluding hydrogens is 327 g/mol. The molecule has 0 aliphatic carbocycles. The number of aliphatic carboxylic acids is 1. The van der Waals surface area contributed by atoms with E-state index in [-0.39, 0.29) is 17.9 Å². The number of nitrogens with one attached hydrogen (secondary N) is 1. The maximum absolute atomic E-state index is 13.5. The number of aromatic nitrogens is 1. The van der Waals surface area contributed by atoms with Crippen molar-refractivity contribution in [1.29, 1.82) is 0 Å². The van der Waals surface area contributed by atoms with Gasteiger partial charge in [0.2, 0.25) is 5.91 Å². The summed E-state index contributed by atoms with van der Waals surface area (Å²) in [5.74, 6) is -1.68. The molecule has 0 aliphatic heterocycles. The summed E-state index contributed by atoms with van der Waals surface area (Å²) in [6, 6.07) is 4.62. The van der Waals surface area contributed by atoms with Crippen molar-refractivity contribution in [2.24, 2.45) is 0 Å². The number of benzene rings is 1. The number of amides is 1. The number of hydrogen-bond donors (Lipinski definition) is 2. The van der Waals surface area contributed by atoms with Crippen LogP contribution in [0.5, 0.6) is 0 Å². The summed E-state index contributed by atoms with van der Waals surface area (Å²) in [5, 5.41) is 15.2. The van der Waals surface area contributed by atoms with Crippen LogP contribution in [-0.2, 0) is 16.0 Å². The monoisotopic (exact) mass is 340 g/mol. The van der Waals surface area contributed by atoms with E-state index in [1.807, 2.05) is 0 Å². The second kappa shape index (κ2) is 7.23. The van der Waals surface area contributed by atoms with Crippen LogP contribution in [0, 0.1) is 12.7 Å². The lowest BCUT2D eigenvalue weighted by Crippen LogP contribution is -2.31. The van der Waals surface area contributed by atoms with Gasteiger partial charge in [0.15, 0.2) is 0 Å². The Balaban J connectivity index is 2.12. The van der Waals surface area contributed by atoms with Gasteiger partial charge in [0.05, 0.1) is 29.6 Å². The topological polar surface area (TPSA) is 92.4 Å². The molecule has 1 heterocycles. The number of carboxylic acid groups (broad SMARTS) is 1. The Morgan fingerprint density at radius 3 is 2.74 bits per heavy atom. The van der Waals surface area contributed by atoms with Crippen LogP contribution >= 0.6 is 11.6 Å². The van der Waals surface area contributed by atoms with E-state index in [4.69, 9.17) is 21.2 Å². The molecule has 0 saturated heterocycles. The second-order valence-electron chi connectivity index (χ2n) is 5.00. The van der Waals surface area contributed by atoms with Crippen molar-refractivity contribution in [3.05, 3.63) is 52.1 Å². The molecule has 0 spiro atoms. The molecule has 0 bridgehead atoms. The maximum Gasteiger partial charge on any atom is 0.305 e. The third-order valence-electron chi connectivity index (χ3n) is 3.08. The van der Waals surface area contributed by atoms with Gasteiger partial charge in [-0.05, 0) is 24.6 Å². The fraction of sp³-hybridized carbons (Fsp3) is 0.267. The summed E-state index contributed by atoms with van der Waals surface area (Å²) in [7, 11) is 0. The zero-order valence-electron chi connectivity index (χ0n) is 12.2. The summed E-state index contributed by atoms with van der Waals surface area (Å²) in [4.78, 5) is 23.0. The van der Waals surface area contributed by atoms with E-state index in [2.05, 4.69) is 10.5 Å². The molecule has 0 aliphatic rings. The fourth-order valence-corrected chi connectivity index (χ4v) is 2.18. The van der Waals surface area contributed by atoms with E-state index < -0.39 is 23.7 Å². The summed E-state index contributed by atoms with van der Waals surface area (Å²) in [6.45, 7) is 1.69.